The van der Waals surface area contributed by atoms with Crippen LogP contribution in [-0.4, -0.2) is 5.91 Å². The summed E-state index contributed by atoms with van der Waals surface area (Å²) in [4.78, 5) is 11.3. The summed E-state index contributed by atoms with van der Waals surface area (Å²) in [6.07, 6.45) is 0. The third-order valence-electron chi connectivity index (χ3n) is 2.51. The number of amides is 1. The number of primary amides is 1. The number of nitrogen functional groups attached to an aromatic ring is 1. The van der Waals surface area contributed by atoms with Crippen LogP contribution in [-0.2, 0) is 0 Å². The van der Waals surface area contributed by atoms with Crippen molar-refractivity contribution < 1.29 is 9.18 Å². The van der Waals surface area contributed by atoms with E-state index < -0.39 is 11.7 Å². The second-order valence-corrected chi connectivity index (χ2v) is 4.83. The van der Waals surface area contributed by atoms with E-state index in [1.807, 2.05) is 0 Å². The van der Waals surface area contributed by atoms with Gasteiger partial charge < -0.3 is 16.8 Å². The Labute approximate surface area is 117 Å². The molecule has 6 heteroatoms. The number of nitrogens with one attached hydrogen (secondary N) is 1. The zero-order chi connectivity index (χ0) is 14.0. The Morgan fingerprint density at radius 1 is 1.16 bits per heavy atom. The molecule has 0 saturated carbocycles. The molecule has 2 aromatic carbocycles. The molecule has 1 amide bonds. The van der Waals surface area contributed by atoms with Gasteiger partial charge in [-0.05, 0) is 36.4 Å². The van der Waals surface area contributed by atoms with Gasteiger partial charge in [-0.3, -0.25) is 4.79 Å². The molecule has 19 heavy (non-hydrogen) atoms. The number of anilines is 3. The smallest absolute Gasteiger partial charge is 0.250 e. The van der Waals surface area contributed by atoms with Crippen LogP contribution in [0.1, 0.15) is 10.4 Å². The molecule has 0 unspecified atom stereocenters. The lowest BCUT2D eigenvalue weighted by molar-refractivity contribution is 0.100. The first-order valence-electron chi connectivity index (χ1n) is 5.39. The molecule has 0 saturated heterocycles. The summed E-state index contributed by atoms with van der Waals surface area (Å²) < 4.78 is 14.3. The molecule has 0 bridgehead atoms. The lowest BCUT2D eigenvalue weighted by Crippen LogP contribution is -2.14. The summed E-state index contributed by atoms with van der Waals surface area (Å²) in [5, 5.41) is 2.82. The van der Waals surface area contributed by atoms with Crippen molar-refractivity contribution in [3.63, 3.8) is 0 Å². The molecule has 0 atom stereocenters. The number of halogens is 2. The van der Waals surface area contributed by atoms with Crippen LogP contribution in [0.15, 0.2) is 40.9 Å². The second-order valence-electron chi connectivity index (χ2n) is 3.92. The van der Waals surface area contributed by atoms with Gasteiger partial charge in [-0.1, -0.05) is 15.9 Å². The number of hydrogen-bond donors (Lipinski definition) is 3. The van der Waals surface area contributed by atoms with Crippen LogP contribution in [0.3, 0.4) is 0 Å². The quantitative estimate of drug-likeness (QED) is 0.759. The van der Waals surface area contributed by atoms with Gasteiger partial charge in [-0.25, -0.2) is 4.39 Å². The minimum Gasteiger partial charge on any atom is -0.399 e. The summed E-state index contributed by atoms with van der Waals surface area (Å²) in [6, 6.07) is 9.20. The fourth-order valence-electron chi connectivity index (χ4n) is 1.61. The first-order chi connectivity index (χ1) is 8.97. The molecule has 0 radical (unpaired) electrons. The third kappa shape index (κ3) is 3.03. The zero-order valence-electron chi connectivity index (χ0n) is 9.78. The summed E-state index contributed by atoms with van der Waals surface area (Å²) in [5.74, 6) is -1.08. The third-order valence-corrected chi connectivity index (χ3v) is 3.00. The van der Waals surface area contributed by atoms with Gasteiger partial charge in [0, 0.05) is 10.2 Å². The average Bonchev–Trinajstić information content (AvgIpc) is 2.34. The Bertz CT molecular complexity index is 646. The first kappa shape index (κ1) is 13.4. The number of rotatable bonds is 3. The Morgan fingerprint density at radius 2 is 1.84 bits per heavy atom. The van der Waals surface area contributed by atoms with Crippen LogP contribution >= 0.6 is 15.9 Å². The van der Waals surface area contributed by atoms with Gasteiger partial charge in [-0.2, -0.15) is 0 Å². The van der Waals surface area contributed by atoms with Crippen molar-refractivity contribution in [1.29, 1.82) is 0 Å². The number of carbonyl (C=O) groups excluding carboxylic acids is 1. The number of benzene rings is 2. The lowest BCUT2D eigenvalue weighted by atomic mass is 10.1. The molecular weight excluding hydrogens is 313 g/mol. The number of hydrogen-bond acceptors (Lipinski definition) is 3. The lowest BCUT2D eigenvalue weighted by Gasteiger charge is -2.11. The summed E-state index contributed by atoms with van der Waals surface area (Å²) in [5.41, 5.74) is 12.1. The monoisotopic (exact) mass is 323 g/mol. The highest BCUT2D eigenvalue weighted by Crippen LogP contribution is 2.26. The van der Waals surface area contributed by atoms with Gasteiger partial charge in [0.2, 0.25) is 0 Å². The molecule has 0 spiro atoms. The molecule has 2 rings (SSSR count). The standard InChI is InChI=1S/C13H11BrFN3O/c14-7-1-3-12(10(15)5-7)18-11-4-2-8(16)6-9(11)13(17)19/h1-6,18H,16H2,(H2,17,19). The van der Waals surface area contributed by atoms with Gasteiger partial charge in [0.1, 0.15) is 5.82 Å². The molecule has 0 heterocycles. The van der Waals surface area contributed by atoms with Crippen LogP contribution < -0.4 is 16.8 Å². The van der Waals surface area contributed by atoms with Gasteiger partial charge >= 0.3 is 0 Å². The van der Waals surface area contributed by atoms with Gasteiger partial charge in [-0.15, -0.1) is 0 Å². The molecule has 4 nitrogen and oxygen atoms in total. The van der Waals surface area contributed by atoms with E-state index in [9.17, 15) is 9.18 Å². The van der Waals surface area contributed by atoms with Gasteiger partial charge in [0.05, 0.1) is 16.9 Å². The normalized spacial score (nSPS) is 10.2. The summed E-state index contributed by atoms with van der Waals surface area (Å²) in [6.45, 7) is 0. The largest absolute Gasteiger partial charge is 0.399 e. The van der Waals surface area contributed by atoms with Crippen LogP contribution in [0, 0.1) is 5.82 Å². The van der Waals surface area contributed by atoms with Crippen LogP contribution in [0.25, 0.3) is 0 Å². The fraction of sp³-hybridized carbons (Fsp3) is 0. The first-order valence-corrected chi connectivity index (χ1v) is 6.18. The van der Waals surface area contributed by atoms with Crippen molar-refractivity contribution in [1.82, 2.24) is 0 Å². The van der Waals surface area contributed by atoms with Crippen LogP contribution in [0.4, 0.5) is 21.5 Å². The van der Waals surface area contributed by atoms with Crippen molar-refractivity contribution in [2.45, 2.75) is 0 Å². The second kappa shape index (κ2) is 5.27. The van der Waals surface area contributed by atoms with Gasteiger partial charge in [0.25, 0.3) is 5.91 Å². The molecule has 5 N–H and O–H groups in total. The molecule has 0 aliphatic rings. The molecule has 0 aliphatic carbocycles. The Balaban J connectivity index is 2.40. The molecule has 98 valence electrons. The highest BCUT2D eigenvalue weighted by atomic mass is 79.9. The van der Waals surface area contributed by atoms with E-state index in [2.05, 4.69) is 21.2 Å². The SMILES string of the molecule is NC(=O)c1cc(N)ccc1Nc1ccc(Br)cc1F. The molecule has 0 fully saturated rings. The van der Waals surface area contributed by atoms with Crippen molar-refractivity contribution in [2.75, 3.05) is 11.1 Å². The minimum atomic E-state index is -0.632. The number of carbonyl (C=O) groups is 1. The summed E-state index contributed by atoms with van der Waals surface area (Å²) >= 11 is 3.17. The van der Waals surface area contributed by atoms with E-state index >= 15 is 0 Å². The number of nitrogens with two attached hydrogens (primary N) is 2. The highest BCUT2D eigenvalue weighted by Gasteiger charge is 2.11. The molecule has 0 aliphatic heterocycles. The van der Waals surface area contributed by atoms with Crippen molar-refractivity contribution in [3.8, 4) is 0 Å². The van der Waals surface area contributed by atoms with E-state index in [4.69, 9.17) is 11.5 Å². The fourth-order valence-corrected chi connectivity index (χ4v) is 1.94. The van der Waals surface area contributed by atoms with Crippen molar-refractivity contribution in [2.24, 2.45) is 5.73 Å². The zero-order valence-corrected chi connectivity index (χ0v) is 11.4. The van der Waals surface area contributed by atoms with Crippen LogP contribution in [0.2, 0.25) is 0 Å². The van der Waals surface area contributed by atoms with E-state index in [1.165, 1.54) is 12.1 Å². The maximum Gasteiger partial charge on any atom is 0.250 e. The average molecular weight is 324 g/mol. The van der Waals surface area contributed by atoms with Crippen molar-refractivity contribution >= 4 is 38.9 Å². The van der Waals surface area contributed by atoms with E-state index in [0.29, 0.717) is 15.8 Å². The predicted octanol–water partition coefficient (Wildman–Crippen LogP) is 3.01. The molecule has 0 aromatic heterocycles. The maximum absolute atomic E-state index is 13.7. The van der Waals surface area contributed by atoms with Crippen molar-refractivity contribution in [3.05, 3.63) is 52.3 Å². The predicted molar refractivity (Wildman–Crippen MR) is 76.8 cm³/mol. The molecular formula is C13H11BrFN3O. The Kier molecular flexibility index (Phi) is 3.71. The van der Waals surface area contributed by atoms with Crippen LogP contribution in [0.5, 0.6) is 0 Å². The Hall–Kier alpha value is -2.08. The van der Waals surface area contributed by atoms with E-state index in [0.717, 1.165) is 0 Å². The minimum absolute atomic E-state index is 0.210. The highest BCUT2D eigenvalue weighted by molar-refractivity contribution is 9.10. The Morgan fingerprint density at radius 3 is 2.47 bits per heavy atom. The van der Waals surface area contributed by atoms with Gasteiger partial charge in [0.15, 0.2) is 0 Å². The topological polar surface area (TPSA) is 81.1 Å². The van der Waals surface area contributed by atoms with E-state index in [-0.39, 0.29) is 11.3 Å². The van der Waals surface area contributed by atoms with E-state index in [1.54, 1.807) is 24.3 Å². The summed E-state index contributed by atoms with van der Waals surface area (Å²) in [7, 11) is 0. The molecule has 2 aromatic rings. The maximum atomic E-state index is 13.7.